The van der Waals surface area contributed by atoms with Crippen LogP contribution in [-0.2, 0) is 5.75 Å². The minimum Gasteiger partial charge on any atom is -0.398 e. The highest BCUT2D eigenvalue weighted by atomic mass is 79.9. The molecule has 0 unspecified atom stereocenters. The van der Waals surface area contributed by atoms with Crippen LogP contribution in [0.25, 0.3) is 0 Å². The lowest BCUT2D eigenvalue weighted by Gasteiger charge is -2.08. The highest BCUT2D eigenvalue weighted by Gasteiger charge is 2.06. The van der Waals surface area contributed by atoms with Gasteiger partial charge in [0.1, 0.15) is 5.82 Å². The van der Waals surface area contributed by atoms with E-state index in [1.165, 1.54) is 6.07 Å². The number of thioether (sulfide) groups is 1. The van der Waals surface area contributed by atoms with E-state index in [1.54, 1.807) is 17.8 Å². The Hall–Kier alpha value is -1.00. The van der Waals surface area contributed by atoms with Crippen molar-refractivity contribution in [2.24, 2.45) is 0 Å². The molecule has 4 heteroatoms. The van der Waals surface area contributed by atoms with Gasteiger partial charge in [-0.05, 0) is 48.4 Å². The van der Waals surface area contributed by atoms with E-state index in [0.29, 0.717) is 11.3 Å². The summed E-state index contributed by atoms with van der Waals surface area (Å²) in [7, 11) is 0. The maximum Gasteiger partial charge on any atom is 0.127 e. The summed E-state index contributed by atoms with van der Waals surface area (Å²) >= 11 is 4.95. The number of anilines is 1. The smallest absolute Gasteiger partial charge is 0.127 e. The van der Waals surface area contributed by atoms with E-state index in [-0.39, 0.29) is 5.82 Å². The normalized spacial score (nSPS) is 10.6. The molecule has 0 radical (unpaired) electrons. The van der Waals surface area contributed by atoms with Gasteiger partial charge in [-0.2, -0.15) is 0 Å². The minimum atomic E-state index is -0.174. The maximum atomic E-state index is 13.6. The van der Waals surface area contributed by atoms with Crippen molar-refractivity contribution in [1.82, 2.24) is 0 Å². The Morgan fingerprint density at radius 1 is 1.28 bits per heavy atom. The zero-order valence-electron chi connectivity index (χ0n) is 9.91. The van der Waals surface area contributed by atoms with Gasteiger partial charge >= 0.3 is 0 Å². The van der Waals surface area contributed by atoms with Gasteiger partial charge < -0.3 is 5.73 Å². The predicted molar refractivity (Wildman–Crippen MR) is 79.3 cm³/mol. The van der Waals surface area contributed by atoms with E-state index in [9.17, 15) is 4.39 Å². The monoisotopic (exact) mass is 325 g/mol. The SMILES string of the molecule is Cc1c(N)cccc1SCc1cc(Br)ccc1F. The van der Waals surface area contributed by atoms with Crippen molar-refractivity contribution >= 4 is 33.4 Å². The first kappa shape index (κ1) is 13.4. The molecule has 18 heavy (non-hydrogen) atoms. The lowest BCUT2D eigenvalue weighted by atomic mass is 10.2. The molecule has 0 heterocycles. The number of halogens is 2. The molecule has 0 aliphatic heterocycles. The van der Waals surface area contributed by atoms with Crippen LogP contribution in [0, 0.1) is 12.7 Å². The first-order valence-electron chi connectivity index (χ1n) is 5.50. The van der Waals surface area contributed by atoms with Crippen LogP contribution in [0.2, 0.25) is 0 Å². The fourth-order valence-electron chi connectivity index (χ4n) is 1.60. The molecule has 0 spiro atoms. The quantitative estimate of drug-likeness (QED) is 0.649. The third-order valence-electron chi connectivity index (χ3n) is 2.72. The van der Waals surface area contributed by atoms with Gasteiger partial charge in [0, 0.05) is 20.8 Å². The van der Waals surface area contributed by atoms with Gasteiger partial charge in [0.25, 0.3) is 0 Å². The van der Waals surface area contributed by atoms with Crippen LogP contribution >= 0.6 is 27.7 Å². The van der Waals surface area contributed by atoms with Crippen LogP contribution in [-0.4, -0.2) is 0 Å². The molecule has 0 saturated carbocycles. The molecule has 0 fully saturated rings. The Labute approximate surface area is 119 Å². The van der Waals surface area contributed by atoms with E-state index < -0.39 is 0 Å². The van der Waals surface area contributed by atoms with E-state index in [4.69, 9.17) is 5.73 Å². The van der Waals surface area contributed by atoms with Crippen molar-refractivity contribution in [3.05, 3.63) is 57.8 Å². The molecule has 0 saturated heterocycles. The summed E-state index contributed by atoms with van der Waals surface area (Å²) in [6.07, 6.45) is 0. The molecular weight excluding hydrogens is 313 g/mol. The Bertz CT molecular complexity index is 570. The zero-order valence-corrected chi connectivity index (χ0v) is 12.3. The zero-order chi connectivity index (χ0) is 13.1. The molecule has 94 valence electrons. The van der Waals surface area contributed by atoms with Crippen molar-refractivity contribution in [2.45, 2.75) is 17.6 Å². The summed E-state index contributed by atoms with van der Waals surface area (Å²) in [5.74, 6) is 0.419. The molecule has 0 aromatic heterocycles. The number of nitrogens with two attached hydrogens (primary N) is 1. The van der Waals surface area contributed by atoms with E-state index in [0.717, 1.165) is 20.6 Å². The van der Waals surface area contributed by atoms with Crippen molar-refractivity contribution in [1.29, 1.82) is 0 Å². The minimum absolute atomic E-state index is 0.174. The number of hydrogen-bond acceptors (Lipinski definition) is 2. The highest BCUT2D eigenvalue weighted by Crippen LogP contribution is 2.30. The van der Waals surface area contributed by atoms with Crippen LogP contribution in [0.1, 0.15) is 11.1 Å². The van der Waals surface area contributed by atoms with E-state index in [2.05, 4.69) is 15.9 Å². The second-order valence-electron chi connectivity index (χ2n) is 3.99. The van der Waals surface area contributed by atoms with Crippen LogP contribution in [0.4, 0.5) is 10.1 Å². The third-order valence-corrected chi connectivity index (χ3v) is 4.42. The van der Waals surface area contributed by atoms with Crippen LogP contribution in [0.5, 0.6) is 0 Å². The molecule has 0 atom stereocenters. The van der Waals surface area contributed by atoms with Crippen LogP contribution < -0.4 is 5.73 Å². The van der Waals surface area contributed by atoms with Gasteiger partial charge in [-0.15, -0.1) is 11.8 Å². The molecule has 0 aliphatic rings. The maximum absolute atomic E-state index is 13.6. The van der Waals surface area contributed by atoms with Gasteiger partial charge in [-0.3, -0.25) is 0 Å². The molecule has 0 bridgehead atoms. The molecule has 0 aliphatic carbocycles. The van der Waals surface area contributed by atoms with Crippen molar-refractivity contribution in [3.63, 3.8) is 0 Å². The van der Waals surface area contributed by atoms with Gasteiger partial charge in [-0.1, -0.05) is 22.0 Å². The summed E-state index contributed by atoms with van der Waals surface area (Å²) in [6.45, 7) is 1.98. The fourth-order valence-corrected chi connectivity index (χ4v) is 3.05. The van der Waals surface area contributed by atoms with Crippen molar-refractivity contribution in [2.75, 3.05) is 5.73 Å². The Morgan fingerprint density at radius 3 is 2.83 bits per heavy atom. The van der Waals surface area contributed by atoms with Crippen molar-refractivity contribution < 1.29 is 4.39 Å². The second kappa shape index (κ2) is 5.76. The number of nitrogen functional groups attached to an aromatic ring is 1. The number of rotatable bonds is 3. The molecule has 2 aromatic carbocycles. The number of hydrogen-bond donors (Lipinski definition) is 1. The molecule has 2 N–H and O–H groups in total. The largest absolute Gasteiger partial charge is 0.398 e. The fraction of sp³-hybridized carbons (Fsp3) is 0.143. The molecular formula is C14H13BrFNS. The van der Waals surface area contributed by atoms with Crippen LogP contribution in [0.3, 0.4) is 0 Å². The molecule has 1 nitrogen and oxygen atoms in total. The second-order valence-corrected chi connectivity index (χ2v) is 5.93. The number of benzene rings is 2. The first-order chi connectivity index (χ1) is 8.58. The van der Waals surface area contributed by atoms with Gasteiger partial charge in [0.05, 0.1) is 0 Å². The Balaban J connectivity index is 2.16. The van der Waals surface area contributed by atoms with Crippen molar-refractivity contribution in [3.8, 4) is 0 Å². The summed E-state index contributed by atoms with van der Waals surface area (Å²) in [5, 5.41) is 0. The van der Waals surface area contributed by atoms with Gasteiger partial charge in [-0.25, -0.2) is 4.39 Å². The lowest BCUT2D eigenvalue weighted by Crippen LogP contribution is -1.92. The van der Waals surface area contributed by atoms with Gasteiger partial charge in [0.2, 0.25) is 0 Å². The average molecular weight is 326 g/mol. The predicted octanol–water partition coefficient (Wildman–Crippen LogP) is 4.77. The standard InChI is InChI=1S/C14H13BrFNS/c1-9-13(17)3-2-4-14(9)18-8-10-7-11(15)5-6-12(10)16/h2-7H,8,17H2,1H3. The average Bonchev–Trinajstić information content (AvgIpc) is 2.35. The summed E-state index contributed by atoms with van der Waals surface area (Å²) in [5.41, 5.74) is 8.37. The lowest BCUT2D eigenvalue weighted by molar-refractivity contribution is 0.617. The Morgan fingerprint density at radius 2 is 2.06 bits per heavy atom. The van der Waals surface area contributed by atoms with Crippen LogP contribution in [0.15, 0.2) is 45.8 Å². The molecule has 2 aromatic rings. The van der Waals surface area contributed by atoms with E-state index in [1.807, 2.05) is 31.2 Å². The summed E-state index contributed by atoms with van der Waals surface area (Å²) < 4.78 is 14.5. The molecule has 2 rings (SSSR count). The Kier molecular flexibility index (Phi) is 4.30. The highest BCUT2D eigenvalue weighted by molar-refractivity contribution is 9.10. The molecule has 0 amide bonds. The third kappa shape index (κ3) is 3.06. The summed E-state index contributed by atoms with van der Waals surface area (Å²) in [4.78, 5) is 1.09. The topological polar surface area (TPSA) is 26.0 Å². The van der Waals surface area contributed by atoms with Gasteiger partial charge in [0.15, 0.2) is 0 Å². The summed E-state index contributed by atoms with van der Waals surface area (Å²) in [6, 6.07) is 10.8. The van der Waals surface area contributed by atoms with E-state index >= 15 is 0 Å². The first-order valence-corrected chi connectivity index (χ1v) is 7.27.